The van der Waals surface area contributed by atoms with E-state index in [2.05, 4.69) is 11.1 Å². The van der Waals surface area contributed by atoms with Crippen LogP contribution in [0, 0.1) is 0 Å². The Bertz CT molecular complexity index is 894. The van der Waals surface area contributed by atoms with Crippen molar-refractivity contribution in [3.8, 4) is 5.75 Å². The summed E-state index contributed by atoms with van der Waals surface area (Å²) >= 11 is 0. The van der Waals surface area contributed by atoms with Crippen molar-refractivity contribution in [2.24, 2.45) is 5.73 Å². The van der Waals surface area contributed by atoms with Crippen LogP contribution in [0.4, 0.5) is 0 Å². The number of aromatic nitrogens is 1. The number of carbonyl (C=O) groups is 1. The van der Waals surface area contributed by atoms with Crippen LogP contribution >= 0.6 is 0 Å². The molecule has 1 atom stereocenters. The molecule has 0 saturated heterocycles. The van der Waals surface area contributed by atoms with Gasteiger partial charge in [0.25, 0.3) is 0 Å². The predicted molar refractivity (Wildman–Crippen MR) is 106 cm³/mol. The molecule has 0 aliphatic rings. The highest BCUT2D eigenvalue weighted by Crippen LogP contribution is 2.21. The summed E-state index contributed by atoms with van der Waals surface area (Å²) in [5, 5.41) is 1.18. The number of para-hydroxylation sites is 2. The molecule has 1 unspecified atom stereocenters. The highest BCUT2D eigenvalue weighted by molar-refractivity contribution is 5.83. The van der Waals surface area contributed by atoms with E-state index in [1.165, 1.54) is 10.9 Å². The summed E-state index contributed by atoms with van der Waals surface area (Å²) in [6, 6.07) is 15.8. The highest BCUT2D eigenvalue weighted by Gasteiger charge is 2.17. The van der Waals surface area contributed by atoms with Gasteiger partial charge in [0.2, 0.25) is 5.91 Å². The Hall–Kier alpha value is -2.79. The summed E-state index contributed by atoms with van der Waals surface area (Å²) in [5.74, 6) is 0.786. The minimum absolute atomic E-state index is 0. The monoisotopic (exact) mass is 353 g/mol. The fraction of sp³-hybridized carbons (Fsp3) is 0.286. The zero-order valence-corrected chi connectivity index (χ0v) is 15.2. The van der Waals surface area contributed by atoms with Gasteiger partial charge in [-0.05, 0) is 24.1 Å². The van der Waals surface area contributed by atoms with E-state index in [0.717, 1.165) is 16.8 Å². The molecule has 0 aliphatic heterocycles. The standard InChI is InChI=1S/C21H25N3O2.H2/c1-15(25)24(13-16-7-3-6-10-21(16)26-2)14-18(22)11-17-12-23-20-9-5-4-8-19(17)20;/h3-10,12,18,23H,11,13-14,22H2,1-2H3;1H. The van der Waals surface area contributed by atoms with Gasteiger partial charge in [-0.15, -0.1) is 0 Å². The lowest BCUT2D eigenvalue weighted by Crippen LogP contribution is -2.40. The molecule has 138 valence electrons. The van der Waals surface area contributed by atoms with Gasteiger partial charge in [-0.3, -0.25) is 4.79 Å². The second-order valence-electron chi connectivity index (χ2n) is 6.54. The molecule has 2 aromatic carbocycles. The summed E-state index contributed by atoms with van der Waals surface area (Å²) in [6.45, 7) is 2.56. The number of aromatic amines is 1. The molecule has 0 radical (unpaired) electrons. The average molecular weight is 353 g/mol. The van der Waals surface area contributed by atoms with E-state index < -0.39 is 0 Å². The molecule has 0 bridgehead atoms. The highest BCUT2D eigenvalue weighted by atomic mass is 16.5. The Morgan fingerprint density at radius 1 is 1.19 bits per heavy atom. The van der Waals surface area contributed by atoms with Crippen LogP contribution in [0.3, 0.4) is 0 Å². The van der Waals surface area contributed by atoms with Crippen LogP contribution in [0.2, 0.25) is 0 Å². The van der Waals surface area contributed by atoms with Crippen molar-refractivity contribution in [1.82, 2.24) is 9.88 Å². The maximum atomic E-state index is 12.1. The van der Waals surface area contributed by atoms with Gasteiger partial charge in [-0.1, -0.05) is 36.4 Å². The largest absolute Gasteiger partial charge is 0.496 e. The van der Waals surface area contributed by atoms with Crippen molar-refractivity contribution in [1.29, 1.82) is 0 Å². The SMILES string of the molecule is COc1ccccc1CN(CC(N)Cc1c[nH]c2ccccc12)C(C)=O.[HH]. The molecule has 5 nitrogen and oxygen atoms in total. The Morgan fingerprint density at radius 2 is 1.92 bits per heavy atom. The molecule has 5 heteroatoms. The number of H-pyrrole nitrogens is 1. The van der Waals surface area contributed by atoms with Crippen molar-refractivity contribution in [3.05, 3.63) is 65.9 Å². The molecule has 1 heterocycles. The maximum Gasteiger partial charge on any atom is 0.219 e. The normalized spacial score (nSPS) is 12.1. The molecule has 3 aromatic rings. The number of nitrogens with one attached hydrogen (secondary N) is 1. The van der Waals surface area contributed by atoms with Gasteiger partial charge in [0.05, 0.1) is 7.11 Å². The number of nitrogens with zero attached hydrogens (tertiary/aromatic N) is 1. The van der Waals surface area contributed by atoms with E-state index in [0.29, 0.717) is 19.5 Å². The molecule has 26 heavy (non-hydrogen) atoms. The molecular formula is C21H27N3O2. The molecule has 0 spiro atoms. The van der Waals surface area contributed by atoms with E-state index in [1.54, 1.807) is 18.9 Å². The van der Waals surface area contributed by atoms with E-state index in [9.17, 15) is 4.79 Å². The minimum atomic E-state index is -0.146. The Labute approximate surface area is 155 Å². The quantitative estimate of drug-likeness (QED) is 0.684. The number of fused-ring (bicyclic) bond motifs is 1. The summed E-state index contributed by atoms with van der Waals surface area (Å²) in [4.78, 5) is 17.2. The summed E-state index contributed by atoms with van der Waals surface area (Å²) in [7, 11) is 1.64. The van der Waals surface area contributed by atoms with Gasteiger partial charge in [0.15, 0.2) is 0 Å². The van der Waals surface area contributed by atoms with Crippen LogP contribution in [0.25, 0.3) is 10.9 Å². The molecule has 0 saturated carbocycles. The number of hydrogen-bond donors (Lipinski definition) is 2. The second-order valence-corrected chi connectivity index (χ2v) is 6.54. The first-order valence-electron chi connectivity index (χ1n) is 8.76. The molecule has 3 rings (SSSR count). The van der Waals surface area contributed by atoms with Crippen molar-refractivity contribution < 1.29 is 11.0 Å². The van der Waals surface area contributed by atoms with Crippen molar-refractivity contribution in [2.45, 2.75) is 25.9 Å². The van der Waals surface area contributed by atoms with Gasteiger partial charge in [0.1, 0.15) is 5.75 Å². The van der Waals surface area contributed by atoms with Crippen LogP contribution in [0.5, 0.6) is 5.75 Å². The van der Waals surface area contributed by atoms with Crippen LogP contribution in [-0.4, -0.2) is 35.5 Å². The van der Waals surface area contributed by atoms with Gasteiger partial charge >= 0.3 is 0 Å². The van der Waals surface area contributed by atoms with E-state index in [1.807, 2.05) is 48.7 Å². The fourth-order valence-electron chi connectivity index (χ4n) is 3.27. The van der Waals surface area contributed by atoms with Crippen molar-refractivity contribution in [3.63, 3.8) is 0 Å². The number of benzene rings is 2. The zero-order chi connectivity index (χ0) is 18.5. The summed E-state index contributed by atoms with van der Waals surface area (Å²) < 4.78 is 5.39. The summed E-state index contributed by atoms with van der Waals surface area (Å²) in [5.41, 5.74) is 9.63. The third kappa shape index (κ3) is 4.06. The van der Waals surface area contributed by atoms with E-state index in [-0.39, 0.29) is 13.4 Å². The lowest BCUT2D eigenvalue weighted by atomic mass is 10.0. The Kier molecular flexibility index (Phi) is 5.58. The van der Waals surface area contributed by atoms with Crippen LogP contribution in [-0.2, 0) is 17.8 Å². The van der Waals surface area contributed by atoms with Crippen LogP contribution in [0.1, 0.15) is 19.5 Å². The number of rotatable bonds is 7. The fourth-order valence-corrected chi connectivity index (χ4v) is 3.27. The third-order valence-electron chi connectivity index (χ3n) is 4.61. The summed E-state index contributed by atoms with van der Waals surface area (Å²) in [6.07, 6.45) is 2.71. The smallest absolute Gasteiger partial charge is 0.219 e. The number of ether oxygens (including phenoxy) is 1. The second kappa shape index (κ2) is 8.06. The Balaban J connectivity index is 0.00000261. The molecule has 0 aliphatic carbocycles. The first-order valence-corrected chi connectivity index (χ1v) is 8.76. The van der Waals surface area contributed by atoms with Gasteiger partial charge in [-0.2, -0.15) is 0 Å². The molecular weight excluding hydrogens is 326 g/mol. The number of hydrogen-bond acceptors (Lipinski definition) is 3. The lowest BCUT2D eigenvalue weighted by molar-refractivity contribution is -0.129. The van der Waals surface area contributed by atoms with Gasteiger partial charge in [-0.25, -0.2) is 0 Å². The molecule has 1 amide bonds. The minimum Gasteiger partial charge on any atom is -0.496 e. The zero-order valence-electron chi connectivity index (χ0n) is 15.2. The molecule has 3 N–H and O–H groups in total. The number of nitrogens with two attached hydrogens (primary N) is 1. The van der Waals surface area contributed by atoms with Crippen molar-refractivity contribution >= 4 is 16.8 Å². The third-order valence-corrected chi connectivity index (χ3v) is 4.61. The predicted octanol–water partition coefficient (Wildman–Crippen LogP) is 3.34. The topological polar surface area (TPSA) is 71.3 Å². The van der Waals surface area contributed by atoms with E-state index >= 15 is 0 Å². The average Bonchev–Trinajstić information content (AvgIpc) is 3.04. The van der Waals surface area contributed by atoms with Crippen molar-refractivity contribution in [2.75, 3.05) is 13.7 Å². The number of carbonyl (C=O) groups excluding carboxylic acids is 1. The molecule has 1 aromatic heterocycles. The Morgan fingerprint density at radius 3 is 2.69 bits per heavy atom. The number of amides is 1. The maximum absolute atomic E-state index is 12.1. The van der Waals surface area contributed by atoms with Gasteiger partial charge < -0.3 is 20.4 Å². The van der Waals surface area contributed by atoms with E-state index in [4.69, 9.17) is 10.5 Å². The number of methoxy groups -OCH3 is 1. The van der Waals surface area contributed by atoms with Gasteiger partial charge in [0, 0.05) is 50.1 Å². The first kappa shape index (κ1) is 18.0. The first-order chi connectivity index (χ1) is 12.6. The van der Waals surface area contributed by atoms with Crippen LogP contribution in [0.15, 0.2) is 54.7 Å². The molecule has 0 fully saturated rings. The van der Waals surface area contributed by atoms with Crippen LogP contribution < -0.4 is 10.5 Å². The lowest BCUT2D eigenvalue weighted by Gasteiger charge is -2.25.